The van der Waals surface area contributed by atoms with Crippen LogP contribution in [-0.2, 0) is 19.9 Å². The average molecular weight is 321 g/mol. The summed E-state index contributed by atoms with van der Waals surface area (Å²) in [5.41, 5.74) is 0.582. The van der Waals surface area contributed by atoms with Gasteiger partial charge in [-0.1, -0.05) is 0 Å². The first kappa shape index (κ1) is 16.9. The first-order valence-electron chi connectivity index (χ1n) is 6.02. The van der Waals surface area contributed by atoms with Gasteiger partial charge in [-0.2, -0.15) is 0 Å². The lowest BCUT2D eigenvalue weighted by molar-refractivity contribution is 0.338. The lowest BCUT2D eigenvalue weighted by atomic mass is 10.2. The molecular formula is C12H19NO5S2. The highest BCUT2D eigenvalue weighted by Crippen LogP contribution is 2.21. The van der Waals surface area contributed by atoms with Gasteiger partial charge in [0.2, 0.25) is 10.0 Å². The molecule has 0 aliphatic heterocycles. The van der Waals surface area contributed by atoms with Crippen LogP contribution in [0.1, 0.15) is 19.4 Å². The summed E-state index contributed by atoms with van der Waals surface area (Å²) in [6, 6.07) is 4.19. The van der Waals surface area contributed by atoms with Crippen molar-refractivity contribution >= 4 is 19.9 Å². The lowest BCUT2D eigenvalue weighted by Gasteiger charge is -2.11. The van der Waals surface area contributed by atoms with E-state index in [0.717, 1.165) is 0 Å². The van der Waals surface area contributed by atoms with E-state index in [-0.39, 0.29) is 17.3 Å². The topological polar surface area (TPSA) is 104 Å². The molecule has 0 spiro atoms. The Hall–Kier alpha value is -1.12. The van der Waals surface area contributed by atoms with Crippen LogP contribution in [-0.4, -0.2) is 34.4 Å². The number of nitrogens with two attached hydrogens (primary N) is 1. The van der Waals surface area contributed by atoms with Crippen molar-refractivity contribution in [2.45, 2.75) is 30.9 Å². The molecule has 0 atom stereocenters. The van der Waals surface area contributed by atoms with E-state index in [9.17, 15) is 16.8 Å². The second kappa shape index (κ2) is 6.11. The molecule has 0 radical (unpaired) electrons. The number of hydrogen-bond acceptors (Lipinski definition) is 5. The summed E-state index contributed by atoms with van der Waals surface area (Å²) in [4.78, 5) is -0.00264. The van der Waals surface area contributed by atoms with Crippen molar-refractivity contribution in [1.29, 1.82) is 0 Å². The summed E-state index contributed by atoms with van der Waals surface area (Å²) in [5.74, 6) is 0.359. The van der Waals surface area contributed by atoms with E-state index in [1.54, 1.807) is 20.8 Å². The van der Waals surface area contributed by atoms with E-state index in [0.29, 0.717) is 11.3 Å². The molecule has 0 unspecified atom stereocenters. The first-order valence-corrected chi connectivity index (χ1v) is 9.28. The Morgan fingerprint density at radius 3 is 2.25 bits per heavy atom. The summed E-state index contributed by atoms with van der Waals surface area (Å²) in [6.07, 6.45) is 0. The molecule has 8 heteroatoms. The number of sulfonamides is 1. The first-order chi connectivity index (χ1) is 9.04. The molecule has 0 bridgehead atoms. The Morgan fingerprint density at radius 1 is 1.20 bits per heavy atom. The molecule has 20 heavy (non-hydrogen) atoms. The van der Waals surface area contributed by atoms with Crippen LogP contribution >= 0.6 is 0 Å². The smallest absolute Gasteiger partial charge is 0.238 e. The van der Waals surface area contributed by atoms with E-state index in [4.69, 9.17) is 9.88 Å². The van der Waals surface area contributed by atoms with Gasteiger partial charge in [0.1, 0.15) is 12.4 Å². The molecule has 1 aromatic rings. The van der Waals surface area contributed by atoms with Crippen molar-refractivity contribution in [3.8, 4) is 5.75 Å². The summed E-state index contributed by atoms with van der Waals surface area (Å²) >= 11 is 0. The molecule has 0 saturated heterocycles. The summed E-state index contributed by atoms with van der Waals surface area (Å²) < 4.78 is 51.0. The zero-order chi connectivity index (χ0) is 15.6. The fraction of sp³-hybridized carbons (Fsp3) is 0.500. The number of benzene rings is 1. The molecule has 0 aromatic heterocycles. The van der Waals surface area contributed by atoms with Crippen LogP contribution in [0.4, 0.5) is 0 Å². The minimum Gasteiger partial charge on any atom is -0.492 e. The Labute approximate surface area is 119 Å². The van der Waals surface area contributed by atoms with E-state index in [1.807, 2.05) is 0 Å². The molecule has 1 aromatic carbocycles. The Balaban J connectivity index is 2.76. The van der Waals surface area contributed by atoms with Crippen LogP contribution in [0, 0.1) is 6.92 Å². The van der Waals surface area contributed by atoms with E-state index < -0.39 is 25.1 Å². The number of aryl methyl sites for hydroxylation is 1. The second-order valence-corrected chi connectivity index (χ2v) is 8.97. The normalized spacial score (nSPS) is 12.7. The van der Waals surface area contributed by atoms with Gasteiger partial charge in [0.05, 0.1) is 15.9 Å². The van der Waals surface area contributed by atoms with Gasteiger partial charge < -0.3 is 4.74 Å². The van der Waals surface area contributed by atoms with Crippen LogP contribution in [0.2, 0.25) is 0 Å². The monoisotopic (exact) mass is 321 g/mol. The fourth-order valence-electron chi connectivity index (χ4n) is 1.46. The Morgan fingerprint density at radius 2 is 1.80 bits per heavy atom. The highest BCUT2D eigenvalue weighted by atomic mass is 32.2. The van der Waals surface area contributed by atoms with Crippen LogP contribution in [0.5, 0.6) is 5.75 Å². The third-order valence-corrected chi connectivity index (χ3v) is 5.90. The zero-order valence-corrected chi connectivity index (χ0v) is 13.3. The van der Waals surface area contributed by atoms with Crippen LogP contribution in [0.3, 0.4) is 0 Å². The number of sulfone groups is 1. The van der Waals surface area contributed by atoms with Crippen LogP contribution in [0.25, 0.3) is 0 Å². The molecule has 0 aliphatic rings. The quantitative estimate of drug-likeness (QED) is 0.836. The maximum absolute atomic E-state index is 11.6. The number of hydrogen-bond donors (Lipinski definition) is 1. The molecular weight excluding hydrogens is 302 g/mol. The zero-order valence-electron chi connectivity index (χ0n) is 11.7. The van der Waals surface area contributed by atoms with Crippen molar-refractivity contribution in [3.63, 3.8) is 0 Å². The SMILES string of the molecule is Cc1cc(S(N)(=O)=O)ccc1OCCS(=O)(=O)C(C)C. The highest BCUT2D eigenvalue weighted by Gasteiger charge is 2.16. The molecule has 6 nitrogen and oxygen atoms in total. The second-order valence-electron chi connectivity index (χ2n) is 4.74. The van der Waals surface area contributed by atoms with Gasteiger partial charge in [-0.3, -0.25) is 0 Å². The fourth-order valence-corrected chi connectivity index (χ4v) is 2.85. The average Bonchev–Trinajstić information content (AvgIpc) is 2.29. The van der Waals surface area contributed by atoms with Crippen molar-refractivity contribution in [1.82, 2.24) is 0 Å². The third-order valence-electron chi connectivity index (χ3n) is 2.82. The minimum absolute atomic E-state index is 0.00264. The molecule has 0 aliphatic carbocycles. The predicted molar refractivity (Wildman–Crippen MR) is 77.0 cm³/mol. The van der Waals surface area contributed by atoms with Gasteiger partial charge in [0.25, 0.3) is 0 Å². The largest absolute Gasteiger partial charge is 0.492 e. The van der Waals surface area contributed by atoms with Gasteiger partial charge in [-0.05, 0) is 44.5 Å². The van der Waals surface area contributed by atoms with Crippen molar-refractivity contribution in [3.05, 3.63) is 23.8 Å². The van der Waals surface area contributed by atoms with E-state index in [2.05, 4.69) is 0 Å². The van der Waals surface area contributed by atoms with Gasteiger partial charge >= 0.3 is 0 Å². The summed E-state index contributed by atoms with van der Waals surface area (Å²) in [6.45, 7) is 4.92. The molecule has 114 valence electrons. The number of primary sulfonamides is 1. The summed E-state index contributed by atoms with van der Waals surface area (Å²) in [5, 5.41) is 4.57. The third kappa shape index (κ3) is 4.46. The maximum atomic E-state index is 11.6. The minimum atomic E-state index is -3.75. The molecule has 2 N–H and O–H groups in total. The summed E-state index contributed by atoms with van der Waals surface area (Å²) in [7, 11) is -6.90. The molecule has 0 heterocycles. The Bertz CT molecular complexity index is 678. The van der Waals surface area contributed by atoms with Crippen molar-refractivity contribution in [2.24, 2.45) is 5.14 Å². The molecule has 0 fully saturated rings. The van der Waals surface area contributed by atoms with Gasteiger partial charge in [0.15, 0.2) is 9.84 Å². The molecule has 1 rings (SSSR count). The number of ether oxygens (including phenoxy) is 1. The van der Waals surface area contributed by atoms with Crippen molar-refractivity contribution < 1.29 is 21.6 Å². The predicted octanol–water partition coefficient (Wildman–Crippen LogP) is 0.844. The maximum Gasteiger partial charge on any atom is 0.238 e. The van der Waals surface area contributed by atoms with Gasteiger partial charge in [-0.15, -0.1) is 0 Å². The van der Waals surface area contributed by atoms with Crippen LogP contribution < -0.4 is 9.88 Å². The number of rotatable bonds is 6. The Kier molecular flexibility index (Phi) is 5.17. The molecule has 0 amide bonds. The van der Waals surface area contributed by atoms with E-state index >= 15 is 0 Å². The van der Waals surface area contributed by atoms with Gasteiger partial charge in [0, 0.05) is 0 Å². The van der Waals surface area contributed by atoms with Gasteiger partial charge in [-0.25, -0.2) is 22.0 Å². The standard InChI is InChI=1S/C12H19NO5S2/c1-9(2)19(14,15)7-6-18-12-5-4-11(8-10(12)3)20(13,16)17/h4-5,8-9H,6-7H2,1-3H3,(H2,13,16,17). The highest BCUT2D eigenvalue weighted by molar-refractivity contribution is 7.92. The lowest BCUT2D eigenvalue weighted by Crippen LogP contribution is -2.22. The van der Waals surface area contributed by atoms with Crippen molar-refractivity contribution in [2.75, 3.05) is 12.4 Å². The van der Waals surface area contributed by atoms with Crippen LogP contribution in [0.15, 0.2) is 23.1 Å². The van der Waals surface area contributed by atoms with E-state index in [1.165, 1.54) is 18.2 Å². The molecule has 0 saturated carbocycles.